The summed E-state index contributed by atoms with van der Waals surface area (Å²) in [6.07, 6.45) is -0.921. The van der Waals surface area contributed by atoms with Crippen molar-refractivity contribution < 1.29 is 24.2 Å². The number of ether oxygens (including phenoxy) is 2. The quantitative estimate of drug-likeness (QED) is 0.852. The minimum absolute atomic E-state index is 0.0362. The summed E-state index contributed by atoms with van der Waals surface area (Å²) in [6.45, 7) is 0.134. The molecule has 1 heterocycles. The maximum absolute atomic E-state index is 11.6. The van der Waals surface area contributed by atoms with Gasteiger partial charge in [-0.3, -0.25) is 9.59 Å². The van der Waals surface area contributed by atoms with E-state index in [1.54, 1.807) is 18.2 Å². The molecule has 0 saturated carbocycles. The van der Waals surface area contributed by atoms with E-state index in [0.29, 0.717) is 11.5 Å². The third-order valence-corrected chi connectivity index (χ3v) is 2.45. The standard InChI is InChI=1S/C12H12O5/c13-8(5-6-12(14)15)11-7-16-9-3-1-2-4-10(9)17-11/h1-4,11H,5-7H2,(H,14,15). The number of carbonyl (C=O) groups excluding carboxylic acids is 1. The average Bonchev–Trinajstić information content (AvgIpc) is 2.35. The van der Waals surface area contributed by atoms with Crippen molar-refractivity contribution in [1.82, 2.24) is 0 Å². The Morgan fingerprint density at radius 2 is 1.94 bits per heavy atom. The number of ketones is 1. The lowest BCUT2D eigenvalue weighted by molar-refractivity contribution is -0.139. The Kier molecular flexibility index (Phi) is 3.27. The fraction of sp³-hybridized carbons (Fsp3) is 0.333. The van der Waals surface area contributed by atoms with Crippen LogP contribution in [0.5, 0.6) is 11.5 Å². The van der Waals surface area contributed by atoms with Crippen LogP contribution in [0, 0.1) is 0 Å². The van der Waals surface area contributed by atoms with Gasteiger partial charge in [-0.2, -0.15) is 0 Å². The molecule has 1 unspecified atom stereocenters. The Balaban J connectivity index is 1.97. The lowest BCUT2D eigenvalue weighted by Crippen LogP contribution is -2.36. The van der Waals surface area contributed by atoms with Gasteiger partial charge in [0.05, 0.1) is 6.42 Å². The predicted molar refractivity (Wildman–Crippen MR) is 58.2 cm³/mol. The lowest BCUT2D eigenvalue weighted by Gasteiger charge is -2.25. The molecule has 0 spiro atoms. The zero-order chi connectivity index (χ0) is 12.3. The fourth-order valence-corrected chi connectivity index (χ4v) is 1.57. The summed E-state index contributed by atoms with van der Waals surface area (Å²) < 4.78 is 10.8. The van der Waals surface area contributed by atoms with E-state index in [4.69, 9.17) is 14.6 Å². The number of hydrogen-bond acceptors (Lipinski definition) is 4. The van der Waals surface area contributed by atoms with Gasteiger partial charge in [0.2, 0.25) is 0 Å². The number of fused-ring (bicyclic) bond motifs is 1. The molecule has 0 fully saturated rings. The molecule has 5 nitrogen and oxygen atoms in total. The van der Waals surface area contributed by atoms with Gasteiger partial charge in [-0.1, -0.05) is 12.1 Å². The van der Waals surface area contributed by atoms with Gasteiger partial charge in [0.25, 0.3) is 0 Å². The number of Topliss-reactive ketones (excluding diaryl/α,β-unsaturated/α-hetero) is 1. The molecule has 1 aromatic rings. The van der Waals surface area contributed by atoms with E-state index in [0.717, 1.165) is 0 Å². The van der Waals surface area contributed by atoms with Crippen molar-refractivity contribution in [2.75, 3.05) is 6.61 Å². The van der Waals surface area contributed by atoms with Crippen molar-refractivity contribution in [3.63, 3.8) is 0 Å². The largest absolute Gasteiger partial charge is 0.485 e. The van der Waals surface area contributed by atoms with Crippen molar-refractivity contribution in [1.29, 1.82) is 0 Å². The highest BCUT2D eigenvalue weighted by Crippen LogP contribution is 2.31. The van der Waals surface area contributed by atoms with Gasteiger partial charge in [0.1, 0.15) is 6.61 Å². The third kappa shape index (κ3) is 2.75. The molecule has 1 aliphatic rings. The third-order valence-electron chi connectivity index (χ3n) is 2.45. The molecule has 1 atom stereocenters. The first-order valence-corrected chi connectivity index (χ1v) is 5.30. The van der Waals surface area contributed by atoms with Crippen LogP contribution in [0.2, 0.25) is 0 Å². The Bertz CT molecular complexity index is 440. The molecule has 0 amide bonds. The Morgan fingerprint density at radius 1 is 1.24 bits per heavy atom. The molecule has 0 bridgehead atoms. The van der Waals surface area contributed by atoms with E-state index < -0.39 is 12.1 Å². The molecule has 1 N–H and O–H groups in total. The second-order valence-electron chi connectivity index (χ2n) is 3.72. The van der Waals surface area contributed by atoms with Crippen molar-refractivity contribution in [2.45, 2.75) is 18.9 Å². The van der Waals surface area contributed by atoms with E-state index in [1.165, 1.54) is 0 Å². The Labute approximate surface area is 98.0 Å². The first-order chi connectivity index (χ1) is 8.16. The lowest BCUT2D eigenvalue weighted by atomic mass is 10.1. The summed E-state index contributed by atoms with van der Waals surface area (Å²) in [5, 5.41) is 8.49. The summed E-state index contributed by atoms with van der Waals surface area (Å²) in [4.78, 5) is 22.0. The van der Waals surface area contributed by atoms with E-state index >= 15 is 0 Å². The van der Waals surface area contributed by atoms with Crippen molar-refractivity contribution in [3.05, 3.63) is 24.3 Å². The monoisotopic (exact) mass is 236 g/mol. The average molecular weight is 236 g/mol. The molecule has 1 aromatic carbocycles. The molecule has 0 radical (unpaired) electrons. The summed E-state index contributed by atoms with van der Waals surface area (Å²) in [6, 6.07) is 7.07. The van der Waals surface area contributed by atoms with Crippen molar-refractivity contribution in [2.24, 2.45) is 0 Å². The first kappa shape index (κ1) is 11.4. The van der Waals surface area contributed by atoms with Crippen LogP contribution in [-0.4, -0.2) is 29.6 Å². The van der Waals surface area contributed by atoms with Gasteiger partial charge in [-0.15, -0.1) is 0 Å². The van der Waals surface area contributed by atoms with Gasteiger partial charge < -0.3 is 14.6 Å². The second kappa shape index (κ2) is 4.86. The van der Waals surface area contributed by atoms with Crippen molar-refractivity contribution in [3.8, 4) is 11.5 Å². The summed E-state index contributed by atoms with van der Waals surface area (Å²) >= 11 is 0. The van der Waals surface area contributed by atoms with Crippen LogP contribution < -0.4 is 9.47 Å². The molecule has 5 heteroatoms. The van der Waals surface area contributed by atoms with Crippen LogP contribution in [0.4, 0.5) is 0 Å². The van der Waals surface area contributed by atoms with Crippen LogP contribution in [0.25, 0.3) is 0 Å². The van der Waals surface area contributed by atoms with Crippen molar-refractivity contribution >= 4 is 11.8 Å². The summed E-state index contributed by atoms with van der Waals surface area (Å²) in [5.41, 5.74) is 0. The molecule has 2 rings (SSSR count). The zero-order valence-corrected chi connectivity index (χ0v) is 9.09. The molecule has 1 aliphatic heterocycles. The zero-order valence-electron chi connectivity index (χ0n) is 9.09. The molecule has 0 saturated heterocycles. The summed E-state index contributed by atoms with van der Waals surface area (Å²) in [5.74, 6) is -0.111. The number of para-hydroxylation sites is 2. The predicted octanol–water partition coefficient (Wildman–Crippen LogP) is 1.26. The van der Waals surface area contributed by atoms with Crippen LogP contribution in [0.15, 0.2) is 24.3 Å². The van der Waals surface area contributed by atoms with Gasteiger partial charge in [0, 0.05) is 6.42 Å². The number of carbonyl (C=O) groups is 2. The minimum atomic E-state index is -0.990. The minimum Gasteiger partial charge on any atom is -0.485 e. The van der Waals surface area contributed by atoms with Gasteiger partial charge in [0.15, 0.2) is 23.4 Å². The van der Waals surface area contributed by atoms with Gasteiger partial charge in [-0.25, -0.2) is 0 Å². The van der Waals surface area contributed by atoms with Crippen LogP contribution in [0.1, 0.15) is 12.8 Å². The molecule has 90 valence electrons. The van der Waals surface area contributed by atoms with Gasteiger partial charge in [-0.05, 0) is 12.1 Å². The number of rotatable bonds is 4. The fourth-order valence-electron chi connectivity index (χ4n) is 1.57. The first-order valence-electron chi connectivity index (χ1n) is 5.30. The van der Waals surface area contributed by atoms with E-state index in [-0.39, 0.29) is 25.2 Å². The van der Waals surface area contributed by atoms with Gasteiger partial charge >= 0.3 is 5.97 Å². The maximum atomic E-state index is 11.6. The van der Waals surface area contributed by atoms with Crippen LogP contribution in [-0.2, 0) is 9.59 Å². The van der Waals surface area contributed by atoms with E-state index in [9.17, 15) is 9.59 Å². The normalized spacial score (nSPS) is 17.5. The molecule has 0 aliphatic carbocycles. The number of carboxylic acid groups (broad SMARTS) is 1. The van der Waals surface area contributed by atoms with E-state index in [2.05, 4.69) is 0 Å². The highest BCUT2D eigenvalue weighted by molar-refractivity contribution is 5.86. The topological polar surface area (TPSA) is 72.8 Å². The molecular formula is C12H12O5. The Morgan fingerprint density at radius 3 is 2.65 bits per heavy atom. The SMILES string of the molecule is O=C(O)CCC(=O)C1COc2ccccc2O1. The number of benzene rings is 1. The second-order valence-corrected chi connectivity index (χ2v) is 3.72. The van der Waals surface area contributed by atoms with Crippen LogP contribution >= 0.6 is 0 Å². The maximum Gasteiger partial charge on any atom is 0.303 e. The summed E-state index contributed by atoms with van der Waals surface area (Å²) in [7, 11) is 0. The molecule has 0 aromatic heterocycles. The number of hydrogen-bond donors (Lipinski definition) is 1. The van der Waals surface area contributed by atoms with E-state index in [1.807, 2.05) is 6.07 Å². The molecule has 17 heavy (non-hydrogen) atoms. The number of carboxylic acids is 1. The number of aliphatic carboxylic acids is 1. The smallest absolute Gasteiger partial charge is 0.303 e. The highest BCUT2D eigenvalue weighted by Gasteiger charge is 2.26. The molecular weight excluding hydrogens is 224 g/mol. The Hall–Kier alpha value is -2.04. The van der Waals surface area contributed by atoms with Crippen LogP contribution in [0.3, 0.4) is 0 Å². The highest BCUT2D eigenvalue weighted by atomic mass is 16.6.